The Morgan fingerprint density at radius 3 is 2.39 bits per heavy atom. The Labute approximate surface area is 231 Å². The van der Waals surface area contributed by atoms with Gasteiger partial charge in [-0.25, -0.2) is 22.4 Å². The number of tetrazole rings is 1. The molecule has 0 saturated heterocycles. The molecule has 0 aliphatic rings. The van der Waals surface area contributed by atoms with E-state index in [-0.39, 0.29) is 24.5 Å². The third-order valence-corrected chi connectivity index (χ3v) is 6.77. The van der Waals surface area contributed by atoms with Gasteiger partial charge in [0.1, 0.15) is 35.1 Å². The summed E-state index contributed by atoms with van der Waals surface area (Å²) in [6, 6.07) is 16.8. The van der Waals surface area contributed by atoms with Crippen molar-refractivity contribution in [2.24, 2.45) is 0 Å². The van der Waals surface area contributed by atoms with Crippen LogP contribution < -0.4 is 5.32 Å². The largest absolute Gasteiger partial charge is 0.382 e. The Hall–Kier alpha value is -4.94. The lowest BCUT2D eigenvalue weighted by Gasteiger charge is -2.29. The number of rotatable bonds is 9. The monoisotopic (exact) mass is 556 g/mol. The first-order chi connectivity index (χ1) is 19.9. The molecule has 1 atom stereocenters. The van der Waals surface area contributed by atoms with E-state index in [2.05, 4.69) is 25.8 Å². The SMILES string of the molecule is OC(CNCc1ccc2c(-c3ccncc3)c(-c3ccc(F)cc3)nn2c1)(Cn1cnnn1)c1ccc(F)cc1F. The molecule has 6 aromatic rings. The molecule has 0 radical (unpaired) electrons. The minimum absolute atomic E-state index is 0.0876. The maximum Gasteiger partial charge on any atom is 0.138 e. The van der Waals surface area contributed by atoms with Gasteiger partial charge in [-0.1, -0.05) is 12.1 Å². The molecule has 1 unspecified atom stereocenters. The van der Waals surface area contributed by atoms with Gasteiger partial charge in [-0.2, -0.15) is 5.10 Å². The lowest BCUT2D eigenvalue weighted by Crippen LogP contribution is -2.42. The van der Waals surface area contributed by atoms with Crippen LogP contribution in [-0.4, -0.2) is 46.5 Å². The summed E-state index contributed by atoms with van der Waals surface area (Å²) in [7, 11) is 0. The van der Waals surface area contributed by atoms with E-state index in [1.807, 2.05) is 30.5 Å². The average molecular weight is 557 g/mol. The molecule has 0 saturated carbocycles. The first-order valence-corrected chi connectivity index (χ1v) is 12.7. The van der Waals surface area contributed by atoms with E-state index in [0.717, 1.165) is 39.9 Å². The highest BCUT2D eigenvalue weighted by molar-refractivity contribution is 5.92. The van der Waals surface area contributed by atoms with Crippen molar-refractivity contribution in [1.29, 1.82) is 0 Å². The summed E-state index contributed by atoms with van der Waals surface area (Å²) >= 11 is 0. The van der Waals surface area contributed by atoms with E-state index in [0.29, 0.717) is 12.2 Å². The molecule has 0 aliphatic heterocycles. The van der Waals surface area contributed by atoms with Crippen molar-refractivity contribution in [2.45, 2.75) is 18.7 Å². The Bertz CT molecular complexity index is 1790. The van der Waals surface area contributed by atoms with Gasteiger partial charge >= 0.3 is 0 Å². The first kappa shape index (κ1) is 26.3. The third-order valence-electron chi connectivity index (χ3n) is 6.77. The molecule has 4 aromatic heterocycles. The zero-order valence-corrected chi connectivity index (χ0v) is 21.5. The molecule has 4 heterocycles. The number of nitrogens with zero attached hydrogens (tertiary/aromatic N) is 7. The molecule has 2 aromatic carbocycles. The van der Waals surface area contributed by atoms with Crippen LogP contribution in [0.5, 0.6) is 0 Å². The van der Waals surface area contributed by atoms with Gasteiger partial charge in [0.2, 0.25) is 0 Å². The van der Waals surface area contributed by atoms with Crippen LogP contribution in [0.3, 0.4) is 0 Å². The summed E-state index contributed by atoms with van der Waals surface area (Å²) in [6.45, 7) is 0.0483. The fourth-order valence-electron chi connectivity index (χ4n) is 4.85. The number of aromatic nitrogens is 7. The second-order valence-electron chi connectivity index (χ2n) is 9.60. The van der Waals surface area contributed by atoms with Crippen LogP contribution in [0.25, 0.3) is 27.9 Å². The molecule has 2 N–H and O–H groups in total. The standard InChI is InChI=1S/C29H23F3N8O/c30-22-4-2-21(3-5-22)28-27(20-9-11-33-12-10-20)26-8-1-19(15-40(26)36-28)14-34-16-29(41,17-39-18-35-37-38-39)24-7-6-23(31)13-25(24)32/h1-13,15,18,34,41H,14,16-17H2. The summed E-state index contributed by atoms with van der Waals surface area (Å²) in [4.78, 5) is 4.11. The quantitative estimate of drug-likeness (QED) is 0.276. The second-order valence-corrected chi connectivity index (χ2v) is 9.60. The number of hydrogen-bond acceptors (Lipinski definition) is 7. The number of benzene rings is 2. The van der Waals surface area contributed by atoms with Gasteiger partial charge in [0.25, 0.3) is 0 Å². The van der Waals surface area contributed by atoms with Gasteiger partial charge in [-0.15, -0.1) is 5.10 Å². The number of aliphatic hydroxyl groups is 1. The van der Waals surface area contributed by atoms with Crippen LogP contribution in [0.1, 0.15) is 11.1 Å². The fourth-order valence-corrected chi connectivity index (χ4v) is 4.85. The van der Waals surface area contributed by atoms with Gasteiger partial charge in [0.05, 0.1) is 12.1 Å². The third kappa shape index (κ3) is 5.42. The van der Waals surface area contributed by atoms with Crippen molar-refractivity contribution in [3.8, 4) is 22.4 Å². The fraction of sp³-hybridized carbons (Fsp3) is 0.138. The summed E-state index contributed by atoms with van der Waals surface area (Å²) in [5, 5.41) is 30.4. The van der Waals surface area contributed by atoms with Crippen molar-refractivity contribution in [3.05, 3.63) is 120 Å². The highest BCUT2D eigenvalue weighted by Gasteiger charge is 2.33. The smallest absolute Gasteiger partial charge is 0.138 e. The zero-order chi connectivity index (χ0) is 28.4. The number of halogens is 3. The van der Waals surface area contributed by atoms with Crippen molar-refractivity contribution in [1.82, 2.24) is 40.1 Å². The van der Waals surface area contributed by atoms with Crippen LogP contribution in [0.15, 0.2) is 91.6 Å². The molecule has 0 fully saturated rings. The van der Waals surface area contributed by atoms with E-state index in [9.17, 15) is 18.3 Å². The molecule has 0 aliphatic carbocycles. The summed E-state index contributed by atoms with van der Waals surface area (Å²) < 4.78 is 44.9. The van der Waals surface area contributed by atoms with E-state index in [4.69, 9.17) is 5.10 Å². The van der Waals surface area contributed by atoms with Crippen molar-refractivity contribution in [2.75, 3.05) is 6.54 Å². The van der Waals surface area contributed by atoms with Crippen LogP contribution in [0, 0.1) is 17.5 Å². The molecule has 6 rings (SSSR count). The van der Waals surface area contributed by atoms with Crippen molar-refractivity contribution in [3.63, 3.8) is 0 Å². The highest BCUT2D eigenvalue weighted by Crippen LogP contribution is 2.35. The van der Waals surface area contributed by atoms with E-state index in [1.54, 1.807) is 29.0 Å². The number of nitrogens with one attached hydrogen (secondary N) is 1. The lowest BCUT2D eigenvalue weighted by molar-refractivity contribution is 0.0113. The average Bonchev–Trinajstić information content (AvgIpc) is 3.61. The van der Waals surface area contributed by atoms with Crippen LogP contribution in [0.2, 0.25) is 0 Å². The normalized spacial score (nSPS) is 13.0. The van der Waals surface area contributed by atoms with Crippen molar-refractivity contribution >= 4 is 5.52 Å². The lowest BCUT2D eigenvalue weighted by atomic mass is 9.92. The predicted octanol–water partition coefficient (Wildman–Crippen LogP) is 4.14. The maximum atomic E-state index is 14.7. The molecule has 0 spiro atoms. The Kier molecular flexibility index (Phi) is 7.00. The topological polar surface area (TPSA) is 106 Å². The Balaban J connectivity index is 1.29. The van der Waals surface area contributed by atoms with E-state index in [1.165, 1.54) is 29.2 Å². The molecule has 206 valence electrons. The Morgan fingerprint density at radius 2 is 1.66 bits per heavy atom. The predicted molar refractivity (Wildman–Crippen MR) is 144 cm³/mol. The molecule has 41 heavy (non-hydrogen) atoms. The second kappa shape index (κ2) is 10.9. The van der Waals surface area contributed by atoms with Crippen LogP contribution >= 0.6 is 0 Å². The highest BCUT2D eigenvalue weighted by atomic mass is 19.1. The minimum atomic E-state index is -1.78. The summed E-state index contributed by atoms with van der Waals surface area (Å²) in [5.41, 5.74) is 3.03. The molecule has 0 bridgehead atoms. The first-order valence-electron chi connectivity index (χ1n) is 12.7. The summed E-state index contributed by atoms with van der Waals surface area (Å²) in [5.74, 6) is -1.96. The van der Waals surface area contributed by atoms with Gasteiger partial charge in [0, 0.05) is 54.4 Å². The van der Waals surface area contributed by atoms with Crippen LogP contribution in [-0.2, 0) is 18.7 Å². The van der Waals surface area contributed by atoms with Gasteiger partial charge in [-0.3, -0.25) is 4.98 Å². The number of fused-ring (bicyclic) bond motifs is 1. The van der Waals surface area contributed by atoms with E-state index < -0.39 is 17.2 Å². The number of pyridine rings is 2. The van der Waals surface area contributed by atoms with Gasteiger partial charge in [0.15, 0.2) is 0 Å². The van der Waals surface area contributed by atoms with Gasteiger partial charge < -0.3 is 10.4 Å². The number of hydrogen-bond donors (Lipinski definition) is 2. The Morgan fingerprint density at radius 1 is 0.878 bits per heavy atom. The maximum absolute atomic E-state index is 14.7. The van der Waals surface area contributed by atoms with E-state index >= 15 is 0 Å². The van der Waals surface area contributed by atoms with Crippen molar-refractivity contribution < 1.29 is 18.3 Å². The van der Waals surface area contributed by atoms with Gasteiger partial charge in [-0.05, 0) is 70.1 Å². The molecule has 0 amide bonds. The summed E-state index contributed by atoms with van der Waals surface area (Å²) in [6.07, 6.45) is 6.55. The van der Waals surface area contributed by atoms with Crippen LogP contribution in [0.4, 0.5) is 13.2 Å². The molecule has 12 heteroatoms. The molecular weight excluding hydrogens is 533 g/mol. The molecular formula is C29H23F3N8O. The molecule has 9 nitrogen and oxygen atoms in total. The zero-order valence-electron chi connectivity index (χ0n) is 21.5. The minimum Gasteiger partial charge on any atom is -0.382 e.